The maximum atomic E-state index is 13.7. The molecule has 0 N–H and O–H groups in total. The molecule has 1 aliphatic heterocycles. The van der Waals surface area contributed by atoms with Gasteiger partial charge < -0.3 is 9.80 Å². The fourth-order valence-electron chi connectivity index (χ4n) is 2.60. The Hall–Kier alpha value is -1.29. The number of likely N-dealkylation sites (N-methyl/N-ethyl adjacent to an activating group) is 1. The molecule has 0 unspecified atom stereocenters. The van der Waals surface area contributed by atoms with E-state index in [-0.39, 0.29) is 5.82 Å². The molecule has 0 amide bonds. The van der Waals surface area contributed by atoms with Crippen LogP contribution >= 0.6 is 23.2 Å². The van der Waals surface area contributed by atoms with Crippen LogP contribution in [0.4, 0.5) is 15.8 Å². The predicted molar refractivity (Wildman–Crippen MR) is 86.2 cm³/mol. The maximum absolute atomic E-state index is 13.7. The van der Waals surface area contributed by atoms with Crippen LogP contribution in [0.2, 0.25) is 10.0 Å². The molecule has 0 fully saturated rings. The van der Waals surface area contributed by atoms with E-state index in [1.165, 1.54) is 6.07 Å². The van der Waals surface area contributed by atoms with Crippen LogP contribution in [0.5, 0.6) is 0 Å². The van der Waals surface area contributed by atoms with E-state index in [9.17, 15) is 4.39 Å². The summed E-state index contributed by atoms with van der Waals surface area (Å²) in [5, 5.41) is 1.02. The number of anilines is 2. The smallest absolute Gasteiger partial charge is 0.125 e. The van der Waals surface area contributed by atoms with Crippen LogP contribution < -0.4 is 4.90 Å². The van der Waals surface area contributed by atoms with Crippen LogP contribution in [0.25, 0.3) is 0 Å². The van der Waals surface area contributed by atoms with Crippen LogP contribution in [0.1, 0.15) is 5.56 Å². The third-order valence-electron chi connectivity index (χ3n) is 3.70. The van der Waals surface area contributed by atoms with Crippen molar-refractivity contribution in [2.24, 2.45) is 0 Å². The normalized spacial score (nSPS) is 15.7. The molecule has 0 saturated heterocycles. The van der Waals surface area contributed by atoms with E-state index in [0.717, 1.165) is 36.6 Å². The Morgan fingerprint density at radius 3 is 2.57 bits per heavy atom. The molecular formula is C16H15Cl2FN2. The topological polar surface area (TPSA) is 6.48 Å². The number of fused-ring (bicyclic) bond motifs is 1. The molecule has 2 nitrogen and oxygen atoms in total. The average Bonchev–Trinajstić information content (AvgIpc) is 2.60. The number of halogens is 3. The molecule has 1 heterocycles. The molecule has 0 atom stereocenters. The van der Waals surface area contributed by atoms with Crippen molar-refractivity contribution in [2.45, 2.75) is 6.54 Å². The molecule has 21 heavy (non-hydrogen) atoms. The zero-order valence-electron chi connectivity index (χ0n) is 11.6. The third-order valence-corrected chi connectivity index (χ3v) is 4.44. The summed E-state index contributed by atoms with van der Waals surface area (Å²) in [7, 11) is 2.06. The van der Waals surface area contributed by atoms with Crippen LogP contribution in [0, 0.1) is 5.82 Å². The summed E-state index contributed by atoms with van der Waals surface area (Å²) in [5.74, 6) is -0.233. The zero-order valence-corrected chi connectivity index (χ0v) is 13.1. The lowest BCUT2D eigenvalue weighted by Gasteiger charge is -2.25. The second-order valence-corrected chi connectivity index (χ2v) is 6.08. The van der Waals surface area contributed by atoms with E-state index in [0.29, 0.717) is 10.0 Å². The fourth-order valence-corrected chi connectivity index (χ4v) is 2.90. The first-order valence-corrected chi connectivity index (χ1v) is 7.50. The van der Waals surface area contributed by atoms with Crippen molar-refractivity contribution in [1.29, 1.82) is 0 Å². The third kappa shape index (κ3) is 3.00. The van der Waals surface area contributed by atoms with Gasteiger partial charge in [0, 0.05) is 31.0 Å². The van der Waals surface area contributed by atoms with E-state index >= 15 is 0 Å². The van der Waals surface area contributed by atoms with Gasteiger partial charge in [0.1, 0.15) is 5.82 Å². The highest BCUT2D eigenvalue weighted by atomic mass is 35.5. The highest BCUT2D eigenvalue weighted by molar-refractivity contribution is 6.42. The first-order valence-electron chi connectivity index (χ1n) is 6.74. The molecule has 2 aromatic carbocycles. The van der Waals surface area contributed by atoms with E-state index in [2.05, 4.69) is 16.8 Å². The van der Waals surface area contributed by atoms with Crippen molar-refractivity contribution < 1.29 is 4.39 Å². The lowest BCUT2D eigenvalue weighted by molar-refractivity contribution is 0.343. The molecule has 1 aliphatic rings. The molecule has 0 aromatic heterocycles. The number of nitrogens with zero attached hydrogens (tertiary/aromatic N) is 2. The molecule has 0 saturated carbocycles. The zero-order chi connectivity index (χ0) is 15.0. The van der Waals surface area contributed by atoms with Crippen LogP contribution in [0.15, 0.2) is 36.4 Å². The summed E-state index contributed by atoms with van der Waals surface area (Å²) < 4.78 is 13.7. The summed E-state index contributed by atoms with van der Waals surface area (Å²) in [4.78, 5) is 4.30. The van der Waals surface area contributed by atoms with Gasteiger partial charge in [-0.15, -0.1) is 0 Å². The molecule has 3 rings (SSSR count). The van der Waals surface area contributed by atoms with Gasteiger partial charge in [0.25, 0.3) is 0 Å². The average molecular weight is 325 g/mol. The van der Waals surface area contributed by atoms with E-state index in [1.807, 2.05) is 18.2 Å². The van der Waals surface area contributed by atoms with Gasteiger partial charge in [0.05, 0.1) is 10.0 Å². The Morgan fingerprint density at radius 2 is 1.81 bits per heavy atom. The Balaban J connectivity index is 2.09. The SMILES string of the molecule is CN1CCN(c2ccc(Cl)c(Cl)c2)c2cc(F)ccc2C1. The number of hydrogen-bond donors (Lipinski definition) is 0. The maximum Gasteiger partial charge on any atom is 0.125 e. The Bertz CT molecular complexity index is 675. The lowest BCUT2D eigenvalue weighted by Crippen LogP contribution is -2.26. The molecule has 0 radical (unpaired) electrons. The van der Waals surface area contributed by atoms with Crippen molar-refractivity contribution in [3.05, 3.63) is 57.8 Å². The van der Waals surface area contributed by atoms with Crippen LogP contribution in [0.3, 0.4) is 0 Å². The van der Waals surface area contributed by atoms with Crippen LogP contribution in [-0.2, 0) is 6.54 Å². The number of hydrogen-bond acceptors (Lipinski definition) is 2. The monoisotopic (exact) mass is 324 g/mol. The number of benzene rings is 2. The number of rotatable bonds is 1. The molecule has 0 aliphatic carbocycles. The minimum absolute atomic E-state index is 0.233. The first kappa shape index (κ1) is 14.6. The van der Waals surface area contributed by atoms with Gasteiger partial charge in [-0.25, -0.2) is 4.39 Å². The van der Waals surface area contributed by atoms with Gasteiger partial charge in [0.15, 0.2) is 0 Å². The molecule has 0 spiro atoms. The van der Waals surface area contributed by atoms with Gasteiger partial charge >= 0.3 is 0 Å². The standard InChI is InChI=1S/C16H15Cl2FN2/c1-20-6-7-21(13-4-5-14(17)15(18)9-13)16-8-12(19)3-2-11(16)10-20/h2-5,8-9H,6-7,10H2,1H3. The van der Waals surface area contributed by atoms with Crippen LogP contribution in [-0.4, -0.2) is 25.0 Å². The fraction of sp³-hybridized carbons (Fsp3) is 0.250. The van der Waals surface area contributed by atoms with E-state index < -0.39 is 0 Å². The highest BCUT2D eigenvalue weighted by Gasteiger charge is 2.20. The van der Waals surface area contributed by atoms with Crippen molar-refractivity contribution in [3.8, 4) is 0 Å². The van der Waals surface area contributed by atoms with E-state index in [1.54, 1.807) is 12.1 Å². The highest BCUT2D eigenvalue weighted by Crippen LogP contribution is 2.35. The molecular weight excluding hydrogens is 310 g/mol. The molecule has 2 aromatic rings. The Kier molecular flexibility index (Phi) is 4.07. The van der Waals surface area contributed by atoms with Gasteiger partial charge in [-0.05, 0) is 42.9 Å². The molecule has 110 valence electrons. The second-order valence-electron chi connectivity index (χ2n) is 5.26. The summed E-state index contributed by atoms with van der Waals surface area (Å²) in [6.45, 7) is 2.45. The van der Waals surface area contributed by atoms with E-state index in [4.69, 9.17) is 23.2 Å². The largest absolute Gasteiger partial charge is 0.340 e. The van der Waals surface area contributed by atoms with Crippen molar-refractivity contribution >= 4 is 34.6 Å². The first-order chi connectivity index (χ1) is 10.0. The van der Waals surface area contributed by atoms with Gasteiger partial charge in [-0.2, -0.15) is 0 Å². The van der Waals surface area contributed by atoms with Crippen molar-refractivity contribution in [3.63, 3.8) is 0 Å². The summed E-state index contributed by atoms with van der Waals surface area (Å²) in [6, 6.07) is 10.4. The minimum atomic E-state index is -0.233. The van der Waals surface area contributed by atoms with Gasteiger partial charge in [0.2, 0.25) is 0 Å². The minimum Gasteiger partial charge on any atom is -0.340 e. The summed E-state index contributed by atoms with van der Waals surface area (Å²) in [6.07, 6.45) is 0. The molecule has 5 heteroatoms. The Morgan fingerprint density at radius 1 is 1.00 bits per heavy atom. The second kappa shape index (κ2) is 5.84. The molecule has 0 bridgehead atoms. The Labute approximate surface area is 133 Å². The summed E-state index contributed by atoms with van der Waals surface area (Å²) in [5.41, 5.74) is 2.91. The van der Waals surface area contributed by atoms with Crippen molar-refractivity contribution in [1.82, 2.24) is 4.90 Å². The van der Waals surface area contributed by atoms with Gasteiger partial charge in [-0.3, -0.25) is 0 Å². The lowest BCUT2D eigenvalue weighted by atomic mass is 10.1. The quantitative estimate of drug-likeness (QED) is 0.749. The van der Waals surface area contributed by atoms with Gasteiger partial charge in [-0.1, -0.05) is 29.3 Å². The summed E-state index contributed by atoms with van der Waals surface area (Å²) >= 11 is 12.1. The van der Waals surface area contributed by atoms with Crippen molar-refractivity contribution in [2.75, 3.05) is 25.0 Å². The predicted octanol–water partition coefficient (Wildman–Crippen LogP) is 4.72.